The van der Waals surface area contributed by atoms with Crippen LogP contribution in [0.1, 0.15) is 155 Å². The molecule has 0 aliphatic rings. The summed E-state index contributed by atoms with van der Waals surface area (Å²) in [5, 5.41) is 32.6. The molecule has 5 heteroatoms. The van der Waals surface area contributed by atoms with Gasteiger partial charge in [0.1, 0.15) is 6.10 Å². The Morgan fingerprint density at radius 2 is 1.02 bits per heavy atom. The Morgan fingerprint density at radius 3 is 1.55 bits per heavy atom. The van der Waals surface area contributed by atoms with E-state index in [9.17, 15) is 20.1 Å². The topological polar surface area (TPSA) is 89.8 Å². The van der Waals surface area contributed by atoms with Crippen molar-refractivity contribution in [3.63, 3.8) is 0 Å². The molecular formula is C35H65NO4. The summed E-state index contributed by atoms with van der Waals surface area (Å²) in [5.41, 5.74) is 0. The fraction of sp³-hybridized carbons (Fsp3) is 0.800. The number of allylic oxidation sites excluding steroid dienone is 5. The van der Waals surface area contributed by atoms with Crippen LogP contribution in [0.15, 0.2) is 36.5 Å². The lowest BCUT2D eigenvalue weighted by atomic mass is 10.0. The maximum atomic E-state index is 12.3. The molecule has 0 fully saturated rings. The molecule has 234 valence electrons. The summed E-state index contributed by atoms with van der Waals surface area (Å²) in [6.45, 7) is 4.08. The molecule has 5 nitrogen and oxygen atoms in total. The fourth-order valence-electron chi connectivity index (χ4n) is 4.73. The SMILES string of the molecule is CCCCCC/C=C\CCC(O)C(=O)NC(CO)C(O)/C=C/CC/C=C/CCCCCCCCCCCCCC. The van der Waals surface area contributed by atoms with Gasteiger partial charge in [0.15, 0.2) is 0 Å². The number of carbonyl (C=O) groups is 1. The van der Waals surface area contributed by atoms with E-state index in [1.807, 2.05) is 12.2 Å². The molecule has 0 aliphatic carbocycles. The van der Waals surface area contributed by atoms with E-state index in [2.05, 4.69) is 37.4 Å². The molecule has 0 rings (SSSR count). The number of nitrogens with one attached hydrogen (secondary N) is 1. The third kappa shape index (κ3) is 25.5. The Labute approximate surface area is 247 Å². The normalized spacial score (nSPS) is 14.4. The summed E-state index contributed by atoms with van der Waals surface area (Å²) in [5.74, 6) is -0.552. The van der Waals surface area contributed by atoms with Gasteiger partial charge in [-0.05, 0) is 51.4 Å². The minimum Gasteiger partial charge on any atom is -0.394 e. The van der Waals surface area contributed by atoms with Gasteiger partial charge in [-0.1, -0.05) is 140 Å². The van der Waals surface area contributed by atoms with E-state index in [1.54, 1.807) is 6.08 Å². The van der Waals surface area contributed by atoms with Gasteiger partial charge in [-0.2, -0.15) is 0 Å². The Balaban J connectivity index is 3.83. The van der Waals surface area contributed by atoms with E-state index in [0.717, 1.165) is 25.7 Å². The molecule has 0 aromatic carbocycles. The van der Waals surface area contributed by atoms with Gasteiger partial charge < -0.3 is 20.6 Å². The van der Waals surface area contributed by atoms with Crippen LogP contribution < -0.4 is 5.32 Å². The zero-order valence-electron chi connectivity index (χ0n) is 26.2. The monoisotopic (exact) mass is 563 g/mol. The summed E-state index contributed by atoms with van der Waals surface area (Å²) in [6.07, 6.45) is 36.1. The first-order chi connectivity index (χ1) is 19.6. The second-order valence-corrected chi connectivity index (χ2v) is 11.4. The number of aliphatic hydroxyl groups excluding tert-OH is 3. The van der Waals surface area contributed by atoms with Crippen molar-refractivity contribution in [1.29, 1.82) is 0 Å². The van der Waals surface area contributed by atoms with Crippen molar-refractivity contribution in [2.45, 2.75) is 173 Å². The fourth-order valence-corrected chi connectivity index (χ4v) is 4.73. The van der Waals surface area contributed by atoms with Gasteiger partial charge in [-0.25, -0.2) is 0 Å². The van der Waals surface area contributed by atoms with Crippen molar-refractivity contribution in [1.82, 2.24) is 5.32 Å². The van der Waals surface area contributed by atoms with Crippen LogP contribution >= 0.6 is 0 Å². The molecule has 3 atom stereocenters. The molecule has 0 bridgehead atoms. The molecule has 4 N–H and O–H groups in total. The van der Waals surface area contributed by atoms with E-state index in [4.69, 9.17) is 0 Å². The number of aliphatic hydroxyl groups is 3. The van der Waals surface area contributed by atoms with Crippen molar-refractivity contribution in [3.05, 3.63) is 36.5 Å². The molecule has 0 spiro atoms. The van der Waals surface area contributed by atoms with Gasteiger partial charge in [0, 0.05) is 0 Å². The number of unbranched alkanes of at least 4 members (excludes halogenated alkanes) is 17. The minimum absolute atomic E-state index is 0.326. The number of carbonyl (C=O) groups excluding carboxylic acids is 1. The Hall–Kier alpha value is -1.43. The number of amides is 1. The van der Waals surface area contributed by atoms with Gasteiger partial charge in [0.05, 0.1) is 18.8 Å². The first-order valence-corrected chi connectivity index (χ1v) is 16.8. The Morgan fingerprint density at radius 1 is 0.600 bits per heavy atom. The highest BCUT2D eigenvalue weighted by Crippen LogP contribution is 2.13. The van der Waals surface area contributed by atoms with E-state index in [1.165, 1.54) is 103 Å². The van der Waals surface area contributed by atoms with Gasteiger partial charge in [-0.3, -0.25) is 4.79 Å². The molecule has 0 heterocycles. The number of hydrogen-bond acceptors (Lipinski definition) is 4. The summed E-state index contributed by atoms with van der Waals surface area (Å²) in [6, 6.07) is -0.825. The number of hydrogen-bond donors (Lipinski definition) is 4. The smallest absolute Gasteiger partial charge is 0.249 e. The van der Waals surface area contributed by atoms with Crippen LogP contribution in [0.3, 0.4) is 0 Å². The molecule has 3 unspecified atom stereocenters. The molecule has 0 aliphatic heterocycles. The average molecular weight is 564 g/mol. The predicted molar refractivity (Wildman–Crippen MR) is 171 cm³/mol. The van der Waals surface area contributed by atoms with Crippen LogP contribution in [0, 0.1) is 0 Å². The van der Waals surface area contributed by atoms with Crippen molar-refractivity contribution < 1.29 is 20.1 Å². The molecule has 0 aromatic heterocycles. The lowest BCUT2D eigenvalue weighted by Gasteiger charge is -2.21. The summed E-state index contributed by atoms with van der Waals surface area (Å²) in [4.78, 5) is 12.3. The van der Waals surface area contributed by atoms with Crippen LogP contribution in [0.25, 0.3) is 0 Å². The zero-order valence-corrected chi connectivity index (χ0v) is 26.2. The van der Waals surface area contributed by atoms with E-state index in [0.29, 0.717) is 12.8 Å². The maximum Gasteiger partial charge on any atom is 0.249 e. The molecular weight excluding hydrogens is 498 g/mol. The summed E-state index contributed by atoms with van der Waals surface area (Å²) < 4.78 is 0. The highest BCUT2D eigenvalue weighted by atomic mass is 16.3. The molecule has 0 radical (unpaired) electrons. The Kier molecular flexibility index (Phi) is 29.4. The highest BCUT2D eigenvalue weighted by molar-refractivity contribution is 5.80. The van der Waals surface area contributed by atoms with Crippen LogP contribution in [0.5, 0.6) is 0 Å². The van der Waals surface area contributed by atoms with Crippen LogP contribution in [-0.2, 0) is 4.79 Å². The van der Waals surface area contributed by atoms with Crippen molar-refractivity contribution in [2.24, 2.45) is 0 Å². The lowest BCUT2D eigenvalue weighted by Crippen LogP contribution is -2.48. The quantitative estimate of drug-likeness (QED) is 0.0543. The van der Waals surface area contributed by atoms with Crippen molar-refractivity contribution in [2.75, 3.05) is 6.61 Å². The van der Waals surface area contributed by atoms with Gasteiger partial charge in [0.25, 0.3) is 0 Å². The largest absolute Gasteiger partial charge is 0.394 e. The molecule has 40 heavy (non-hydrogen) atoms. The molecule has 0 saturated carbocycles. The standard InChI is InChI=1S/C35H65NO4/c1-3-5-7-9-11-13-14-15-16-17-18-19-20-21-22-24-25-27-29-33(38)32(31-37)36-35(40)34(39)30-28-26-23-12-10-8-6-4-2/h21-23,26-27,29,32-34,37-39H,3-20,24-25,28,30-31H2,1-2H3,(H,36,40)/b22-21+,26-23-,29-27+. The minimum atomic E-state index is -1.15. The average Bonchev–Trinajstić information content (AvgIpc) is 2.96. The number of rotatable bonds is 29. The van der Waals surface area contributed by atoms with Crippen LogP contribution in [0.2, 0.25) is 0 Å². The maximum absolute atomic E-state index is 12.3. The third-order valence-corrected chi connectivity index (χ3v) is 7.46. The van der Waals surface area contributed by atoms with E-state index < -0.39 is 24.2 Å². The Bertz CT molecular complexity index is 631. The third-order valence-electron chi connectivity index (χ3n) is 7.46. The van der Waals surface area contributed by atoms with Gasteiger partial charge >= 0.3 is 0 Å². The van der Waals surface area contributed by atoms with E-state index in [-0.39, 0.29) is 6.61 Å². The highest BCUT2D eigenvalue weighted by Gasteiger charge is 2.22. The van der Waals surface area contributed by atoms with Crippen LogP contribution in [0.4, 0.5) is 0 Å². The molecule has 0 saturated heterocycles. The van der Waals surface area contributed by atoms with E-state index >= 15 is 0 Å². The van der Waals surface area contributed by atoms with Crippen LogP contribution in [-0.4, -0.2) is 46.1 Å². The predicted octanol–water partition coefficient (Wildman–Crippen LogP) is 8.48. The first-order valence-electron chi connectivity index (χ1n) is 16.8. The molecule has 0 aromatic rings. The second kappa shape index (κ2) is 30.5. The summed E-state index contributed by atoms with van der Waals surface area (Å²) >= 11 is 0. The zero-order chi connectivity index (χ0) is 29.5. The van der Waals surface area contributed by atoms with Gasteiger partial charge in [-0.15, -0.1) is 0 Å². The second-order valence-electron chi connectivity index (χ2n) is 11.4. The first kappa shape index (κ1) is 38.6. The van der Waals surface area contributed by atoms with Gasteiger partial charge in [0.2, 0.25) is 5.91 Å². The van der Waals surface area contributed by atoms with Crippen molar-refractivity contribution in [3.8, 4) is 0 Å². The summed E-state index contributed by atoms with van der Waals surface area (Å²) in [7, 11) is 0. The van der Waals surface area contributed by atoms with Crippen molar-refractivity contribution >= 4 is 5.91 Å². The molecule has 1 amide bonds. The lowest BCUT2D eigenvalue weighted by molar-refractivity contribution is -0.131.